The number of benzene rings is 1. The average molecular weight is 355 g/mol. The van der Waals surface area contributed by atoms with Crippen LogP contribution in [0.1, 0.15) is 28.7 Å². The molecule has 0 saturated heterocycles. The van der Waals surface area contributed by atoms with E-state index in [1.165, 1.54) is 6.20 Å². The number of esters is 1. The van der Waals surface area contributed by atoms with Crippen molar-refractivity contribution in [3.05, 3.63) is 41.3 Å². The second-order valence-corrected chi connectivity index (χ2v) is 5.74. The molecule has 0 aliphatic rings. The molecule has 136 valence electrons. The van der Waals surface area contributed by atoms with E-state index in [0.717, 1.165) is 16.8 Å². The van der Waals surface area contributed by atoms with Crippen LogP contribution < -0.4 is 9.47 Å². The molecular weight excluding hydrogens is 334 g/mol. The predicted octanol–water partition coefficient (Wildman–Crippen LogP) is 3.21. The molecule has 3 rings (SSSR count). The van der Waals surface area contributed by atoms with Crippen LogP contribution in [-0.4, -0.2) is 41.4 Å². The first kappa shape index (κ1) is 17.7. The minimum atomic E-state index is -0.403. The van der Waals surface area contributed by atoms with E-state index in [2.05, 4.69) is 10.1 Å². The fraction of sp³-hybridized carbons (Fsp3) is 0.316. The average Bonchev–Trinajstić information content (AvgIpc) is 2.98. The fourth-order valence-corrected chi connectivity index (χ4v) is 2.94. The van der Waals surface area contributed by atoms with Gasteiger partial charge in [-0.25, -0.2) is 14.3 Å². The third-order valence-corrected chi connectivity index (χ3v) is 4.23. The Bertz CT molecular complexity index is 979. The van der Waals surface area contributed by atoms with Crippen LogP contribution in [0.4, 0.5) is 0 Å². The Kier molecular flexibility index (Phi) is 4.79. The van der Waals surface area contributed by atoms with E-state index in [1.807, 2.05) is 32.0 Å². The number of carbonyl (C=O) groups is 1. The SMILES string of the molecule is CCOC(=O)c1cnc2c(-c3ccc(OC)c(OC)c3)c(C)nn2c1C. The summed E-state index contributed by atoms with van der Waals surface area (Å²) >= 11 is 0. The predicted molar refractivity (Wildman–Crippen MR) is 97.0 cm³/mol. The summed E-state index contributed by atoms with van der Waals surface area (Å²) in [5, 5.41) is 4.56. The number of methoxy groups -OCH3 is 2. The molecule has 7 heteroatoms. The fourth-order valence-electron chi connectivity index (χ4n) is 2.94. The molecular formula is C19H21N3O4. The highest BCUT2D eigenvalue weighted by Crippen LogP contribution is 2.35. The first-order valence-corrected chi connectivity index (χ1v) is 8.26. The number of carbonyl (C=O) groups excluding carboxylic acids is 1. The zero-order valence-electron chi connectivity index (χ0n) is 15.5. The third kappa shape index (κ3) is 2.85. The normalized spacial score (nSPS) is 10.8. The minimum Gasteiger partial charge on any atom is -0.493 e. The molecule has 2 aromatic heterocycles. The van der Waals surface area contributed by atoms with Crippen LogP contribution >= 0.6 is 0 Å². The Balaban J connectivity index is 2.18. The Labute approximate surface area is 151 Å². The van der Waals surface area contributed by atoms with E-state index in [4.69, 9.17) is 14.2 Å². The molecule has 0 amide bonds. The number of fused-ring (bicyclic) bond motifs is 1. The molecule has 3 aromatic rings. The number of aromatic nitrogens is 3. The van der Waals surface area contributed by atoms with E-state index in [0.29, 0.717) is 35.0 Å². The molecule has 0 fully saturated rings. The third-order valence-electron chi connectivity index (χ3n) is 4.23. The molecule has 0 aliphatic carbocycles. The van der Waals surface area contributed by atoms with E-state index in [1.54, 1.807) is 25.7 Å². The lowest BCUT2D eigenvalue weighted by Crippen LogP contribution is -2.11. The van der Waals surface area contributed by atoms with Crippen LogP contribution in [0.2, 0.25) is 0 Å². The summed E-state index contributed by atoms with van der Waals surface area (Å²) in [6, 6.07) is 5.66. The largest absolute Gasteiger partial charge is 0.493 e. The van der Waals surface area contributed by atoms with Gasteiger partial charge in [0, 0.05) is 11.8 Å². The molecule has 0 radical (unpaired) electrons. The van der Waals surface area contributed by atoms with Gasteiger partial charge in [0.15, 0.2) is 17.1 Å². The zero-order chi connectivity index (χ0) is 18.8. The number of hydrogen-bond acceptors (Lipinski definition) is 6. The standard InChI is InChI=1S/C19H21N3O4/c1-6-26-19(23)14-10-20-18-17(11(2)21-22(18)12(14)3)13-7-8-15(24-4)16(9-13)25-5/h7-10H,6H2,1-5H3. The second-order valence-electron chi connectivity index (χ2n) is 5.74. The summed E-state index contributed by atoms with van der Waals surface area (Å²) in [6.45, 7) is 5.81. The first-order chi connectivity index (χ1) is 12.5. The van der Waals surface area contributed by atoms with Gasteiger partial charge in [-0.05, 0) is 38.5 Å². The van der Waals surface area contributed by atoms with Gasteiger partial charge in [0.25, 0.3) is 0 Å². The first-order valence-electron chi connectivity index (χ1n) is 8.26. The van der Waals surface area contributed by atoms with Crippen molar-refractivity contribution in [3.63, 3.8) is 0 Å². The number of aryl methyl sites for hydroxylation is 2. The van der Waals surface area contributed by atoms with Crippen molar-refractivity contribution in [1.29, 1.82) is 0 Å². The summed E-state index contributed by atoms with van der Waals surface area (Å²) < 4.78 is 17.5. The highest BCUT2D eigenvalue weighted by Gasteiger charge is 2.20. The molecule has 0 spiro atoms. The summed E-state index contributed by atoms with van der Waals surface area (Å²) in [6.07, 6.45) is 1.54. The summed E-state index contributed by atoms with van der Waals surface area (Å²) in [5.74, 6) is 0.878. The van der Waals surface area contributed by atoms with Gasteiger partial charge in [0.1, 0.15) is 0 Å². The smallest absolute Gasteiger partial charge is 0.341 e. The molecule has 0 atom stereocenters. The van der Waals surface area contributed by atoms with E-state index in [9.17, 15) is 4.79 Å². The van der Waals surface area contributed by atoms with Crippen molar-refractivity contribution < 1.29 is 19.0 Å². The molecule has 1 aromatic carbocycles. The van der Waals surface area contributed by atoms with Gasteiger partial charge in [-0.2, -0.15) is 5.10 Å². The lowest BCUT2D eigenvalue weighted by molar-refractivity contribution is 0.0524. The van der Waals surface area contributed by atoms with Gasteiger partial charge in [-0.3, -0.25) is 0 Å². The van der Waals surface area contributed by atoms with Gasteiger partial charge < -0.3 is 14.2 Å². The highest BCUT2D eigenvalue weighted by atomic mass is 16.5. The zero-order valence-corrected chi connectivity index (χ0v) is 15.5. The topological polar surface area (TPSA) is 75.0 Å². The van der Waals surface area contributed by atoms with Crippen LogP contribution in [-0.2, 0) is 4.74 Å². The van der Waals surface area contributed by atoms with Crippen LogP contribution in [0.3, 0.4) is 0 Å². The van der Waals surface area contributed by atoms with Gasteiger partial charge in [-0.15, -0.1) is 0 Å². The Morgan fingerprint density at radius 1 is 1.15 bits per heavy atom. The summed E-state index contributed by atoms with van der Waals surface area (Å²) in [5.41, 5.74) is 4.34. The maximum absolute atomic E-state index is 12.1. The molecule has 0 unspecified atom stereocenters. The van der Waals surface area contributed by atoms with Crippen molar-refractivity contribution in [2.24, 2.45) is 0 Å². The molecule has 0 N–H and O–H groups in total. The van der Waals surface area contributed by atoms with E-state index >= 15 is 0 Å². The Morgan fingerprint density at radius 3 is 2.54 bits per heavy atom. The van der Waals surface area contributed by atoms with Crippen molar-refractivity contribution in [3.8, 4) is 22.6 Å². The van der Waals surface area contributed by atoms with Crippen LogP contribution in [0.5, 0.6) is 11.5 Å². The molecule has 7 nitrogen and oxygen atoms in total. The number of ether oxygens (including phenoxy) is 3. The lowest BCUT2D eigenvalue weighted by Gasteiger charge is -2.10. The van der Waals surface area contributed by atoms with Gasteiger partial charge >= 0.3 is 5.97 Å². The number of nitrogens with zero attached hydrogens (tertiary/aromatic N) is 3. The lowest BCUT2D eigenvalue weighted by atomic mass is 10.1. The van der Waals surface area contributed by atoms with Crippen molar-refractivity contribution in [2.75, 3.05) is 20.8 Å². The van der Waals surface area contributed by atoms with Crippen LogP contribution in [0.25, 0.3) is 16.8 Å². The molecule has 0 saturated carbocycles. The maximum Gasteiger partial charge on any atom is 0.341 e. The Hall–Kier alpha value is -3.09. The second kappa shape index (κ2) is 7.03. The highest BCUT2D eigenvalue weighted by molar-refractivity contribution is 5.91. The van der Waals surface area contributed by atoms with Crippen LogP contribution in [0.15, 0.2) is 24.4 Å². The summed E-state index contributed by atoms with van der Waals surface area (Å²) in [4.78, 5) is 16.6. The quantitative estimate of drug-likeness (QED) is 0.654. The van der Waals surface area contributed by atoms with Crippen molar-refractivity contribution in [1.82, 2.24) is 14.6 Å². The van der Waals surface area contributed by atoms with Gasteiger partial charge in [0.2, 0.25) is 0 Å². The number of rotatable bonds is 5. The van der Waals surface area contributed by atoms with Gasteiger partial charge in [-0.1, -0.05) is 6.07 Å². The number of hydrogen-bond donors (Lipinski definition) is 0. The molecule has 2 heterocycles. The molecule has 26 heavy (non-hydrogen) atoms. The van der Waals surface area contributed by atoms with Crippen molar-refractivity contribution in [2.45, 2.75) is 20.8 Å². The van der Waals surface area contributed by atoms with Crippen LogP contribution in [0, 0.1) is 13.8 Å². The Morgan fingerprint density at radius 2 is 1.88 bits per heavy atom. The van der Waals surface area contributed by atoms with Gasteiger partial charge in [0.05, 0.1) is 37.8 Å². The monoisotopic (exact) mass is 355 g/mol. The van der Waals surface area contributed by atoms with E-state index in [-0.39, 0.29) is 0 Å². The molecule has 0 bridgehead atoms. The molecule has 0 aliphatic heterocycles. The minimum absolute atomic E-state index is 0.311. The van der Waals surface area contributed by atoms with Crippen molar-refractivity contribution >= 4 is 11.6 Å². The maximum atomic E-state index is 12.1. The summed E-state index contributed by atoms with van der Waals surface area (Å²) in [7, 11) is 3.19. The van der Waals surface area contributed by atoms with E-state index < -0.39 is 5.97 Å².